The zero-order chi connectivity index (χ0) is 22.3. The molecule has 0 amide bonds. The van der Waals surface area contributed by atoms with E-state index in [2.05, 4.69) is 0 Å². The molecule has 1 saturated carbocycles. The molecule has 1 aliphatic carbocycles. The van der Waals surface area contributed by atoms with Gasteiger partial charge in [-0.05, 0) is 61.9 Å². The molecular formula is C25H23Cl2FO3. The number of ketones is 2. The lowest BCUT2D eigenvalue weighted by molar-refractivity contribution is -0.132. The van der Waals surface area contributed by atoms with Crippen LogP contribution >= 0.6 is 23.2 Å². The van der Waals surface area contributed by atoms with Crippen LogP contribution in [0.3, 0.4) is 0 Å². The van der Waals surface area contributed by atoms with Crippen molar-refractivity contribution in [2.45, 2.75) is 57.2 Å². The predicted octanol–water partition coefficient (Wildman–Crippen LogP) is 6.17. The summed E-state index contributed by atoms with van der Waals surface area (Å²) in [6.07, 6.45) is 2.25. The Labute approximate surface area is 190 Å². The van der Waals surface area contributed by atoms with E-state index in [1.54, 1.807) is 6.07 Å². The van der Waals surface area contributed by atoms with E-state index in [9.17, 15) is 14.0 Å². The SMILES string of the molecule is CCc1ccc(-c2ccc(Cl)c(F)c2Cl)cc1C1C(=O)[C@@H]2[C@H](C1=O)[C@@]1(C)CC[C@@]2(C)O1. The molecule has 2 aromatic rings. The van der Waals surface area contributed by atoms with Crippen molar-refractivity contribution in [3.63, 3.8) is 0 Å². The maximum atomic E-state index is 14.3. The van der Waals surface area contributed by atoms with Crippen LogP contribution in [-0.2, 0) is 20.7 Å². The van der Waals surface area contributed by atoms with Crippen LogP contribution in [0.4, 0.5) is 4.39 Å². The molecule has 0 spiro atoms. The lowest BCUT2D eigenvalue weighted by atomic mass is 9.69. The minimum atomic E-state index is -0.818. The van der Waals surface area contributed by atoms with Gasteiger partial charge in [-0.15, -0.1) is 0 Å². The van der Waals surface area contributed by atoms with Gasteiger partial charge in [0.2, 0.25) is 0 Å². The van der Waals surface area contributed by atoms with E-state index in [0.29, 0.717) is 23.1 Å². The van der Waals surface area contributed by atoms with Crippen LogP contribution in [0.2, 0.25) is 10.0 Å². The molecule has 0 aromatic heterocycles. The molecule has 0 radical (unpaired) electrons. The molecule has 3 fully saturated rings. The third kappa shape index (κ3) is 2.81. The molecule has 1 unspecified atom stereocenters. The molecule has 0 N–H and O–H groups in total. The van der Waals surface area contributed by atoms with E-state index in [1.165, 1.54) is 6.07 Å². The lowest BCUT2D eigenvalue weighted by Gasteiger charge is -2.28. The van der Waals surface area contributed by atoms with Gasteiger partial charge in [-0.2, -0.15) is 0 Å². The minimum absolute atomic E-state index is 0.0508. The Balaban J connectivity index is 1.63. The summed E-state index contributed by atoms with van der Waals surface area (Å²) in [5.41, 5.74) is 1.61. The number of carbonyl (C=O) groups is 2. The first-order valence-electron chi connectivity index (χ1n) is 10.7. The van der Waals surface area contributed by atoms with E-state index in [1.807, 2.05) is 39.0 Å². The molecule has 31 heavy (non-hydrogen) atoms. The summed E-state index contributed by atoms with van der Waals surface area (Å²) in [5.74, 6) is -2.43. The second-order valence-electron chi connectivity index (χ2n) is 9.41. The number of benzene rings is 2. The van der Waals surface area contributed by atoms with Gasteiger partial charge < -0.3 is 4.74 Å². The summed E-state index contributed by atoms with van der Waals surface area (Å²) in [4.78, 5) is 27.2. The van der Waals surface area contributed by atoms with Gasteiger partial charge in [-0.3, -0.25) is 9.59 Å². The number of Topliss-reactive ketones (excluding diaryl/α,β-unsaturated/α-hetero) is 2. The molecule has 2 bridgehead atoms. The largest absolute Gasteiger partial charge is 0.368 e. The van der Waals surface area contributed by atoms with E-state index >= 15 is 0 Å². The van der Waals surface area contributed by atoms with Gasteiger partial charge in [-0.1, -0.05) is 48.3 Å². The molecule has 2 aromatic carbocycles. The van der Waals surface area contributed by atoms with E-state index in [-0.39, 0.29) is 21.6 Å². The standard InChI is InChI=1S/C25H23Cl2FO3/c1-4-12-5-6-13(14-7-8-16(26)21(28)20(14)27)11-15(12)17-22(29)18-19(23(17)30)25(3)10-9-24(18,2)31-25/h5-8,11,17-19H,4,9-10H2,1-3H3/t17?,18-,19+,24-,25-/m1/s1. The highest BCUT2D eigenvalue weighted by molar-refractivity contribution is 6.36. The average molecular weight is 461 g/mol. The number of rotatable bonds is 3. The topological polar surface area (TPSA) is 43.4 Å². The van der Waals surface area contributed by atoms with Crippen molar-refractivity contribution >= 4 is 34.8 Å². The summed E-state index contributed by atoms with van der Waals surface area (Å²) < 4.78 is 20.5. The Morgan fingerprint density at radius 2 is 1.65 bits per heavy atom. The van der Waals surface area contributed by atoms with Crippen LogP contribution < -0.4 is 0 Å². The fourth-order valence-corrected chi connectivity index (χ4v) is 6.59. The van der Waals surface area contributed by atoms with Crippen LogP contribution in [0.25, 0.3) is 11.1 Å². The van der Waals surface area contributed by atoms with Gasteiger partial charge >= 0.3 is 0 Å². The van der Waals surface area contributed by atoms with E-state index in [0.717, 1.165) is 18.4 Å². The molecule has 2 saturated heterocycles. The Kier molecular flexibility index (Phi) is 4.68. The fourth-order valence-electron chi connectivity index (χ4n) is 6.11. The summed E-state index contributed by atoms with van der Waals surface area (Å²) in [6.45, 7) is 5.92. The summed E-state index contributed by atoms with van der Waals surface area (Å²) in [5, 5.41) is -0.125. The molecule has 3 nitrogen and oxygen atoms in total. The van der Waals surface area contributed by atoms with Crippen molar-refractivity contribution in [2.24, 2.45) is 11.8 Å². The van der Waals surface area contributed by atoms with Crippen molar-refractivity contribution in [1.82, 2.24) is 0 Å². The van der Waals surface area contributed by atoms with Crippen molar-refractivity contribution in [1.29, 1.82) is 0 Å². The smallest absolute Gasteiger partial charge is 0.160 e. The van der Waals surface area contributed by atoms with Crippen LogP contribution in [-0.4, -0.2) is 22.8 Å². The van der Waals surface area contributed by atoms with Crippen LogP contribution in [0, 0.1) is 17.7 Å². The van der Waals surface area contributed by atoms with Crippen LogP contribution in [0.5, 0.6) is 0 Å². The molecule has 2 aliphatic heterocycles. The first-order chi connectivity index (χ1) is 14.6. The quantitative estimate of drug-likeness (QED) is 0.406. The Morgan fingerprint density at radius 1 is 1.03 bits per heavy atom. The molecular weight excluding hydrogens is 438 g/mol. The molecule has 162 valence electrons. The molecule has 5 atom stereocenters. The van der Waals surface area contributed by atoms with Gasteiger partial charge in [0.15, 0.2) is 17.4 Å². The number of fused-ring (bicyclic) bond motifs is 5. The Bertz CT molecular complexity index is 1110. The third-order valence-electron chi connectivity index (χ3n) is 7.60. The number of halogens is 3. The first-order valence-corrected chi connectivity index (χ1v) is 11.4. The summed E-state index contributed by atoms with van der Waals surface area (Å²) in [7, 11) is 0. The monoisotopic (exact) mass is 460 g/mol. The highest BCUT2D eigenvalue weighted by atomic mass is 35.5. The molecule has 3 aliphatic rings. The predicted molar refractivity (Wildman–Crippen MR) is 118 cm³/mol. The van der Waals surface area contributed by atoms with Gasteiger partial charge in [0, 0.05) is 5.56 Å². The first kappa shape index (κ1) is 21.1. The van der Waals surface area contributed by atoms with Gasteiger partial charge in [0.25, 0.3) is 0 Å². The average Bonchev–Trinajstić information content (AvgIpc) is 3.29. The number of hydrogen-bond acceptors (Lipinski definition) is 3. The summed E-state index contributed by atoms with van der Waals surface area (Å²) >= 11 is 12.1. The maximum absolute atomic E-state index is 14.3. The summed E-state index contributed by atoms with van der Waals surface area (Å²) in [6, 6.07) is 8.68. The molecule has 2 heterocycles. The van der Waals surface area contributed by atoms with Crippen molar-refractivity contribution < 1.29 is 18.7 Å². The second-order valence-corrected chi connectivity index (χ2v) is 10.2. The third-order valence-corrected chi connectivity index (χ3v) is 8.26. The minimum Gasteiger partial charge on any atom is -0.368 e. The van der Waals surface area contributed by atoms with Gasteiger partial charge in [0.1, 0.15) is 5.92 Å². The zero-order valence-corrected chi connectivity index (χ0v) is 19.1. The van der Waals surface area contributed by atoms with Crippen molar-refractivity contribution in [3.8, 4) is 11.1 Å². The van der Waals surface area contributed by atoms with Gasteiger partial charge in [-0.25, -0.2) is 4.39 Å². The Morgan fingerprint density at radius 3 is 2.23 bits per heavy atom. The highest BCUT2D eigenvalue weighted by Crippen LogP contribution is 2.63. The normalized spacial score (nSPS) is 33.9. The zero-order valence-electron chi connectivity index (χ0n) is 17.6. The number of carbonyl (C=O) groups excluding carboxylic acids is 2. The fraction of sp³-hybridized carbons (Fsp3) is 0.440. The lowest BCUT2D eigenvalue weighted by Crippen LogP contribution is -2.40. The molecule has 5 rings (SSSR count). The van der Waals surface area contributed by atoms with Gasteiger partial charge in [0.05, 0.1) is 33.1 Å². The molecule has 6 heteroatoms. The number of ether oxygens (including phenoxy) is 1. The number of hydrogen-bond donors (Lipinski definition) is 0. The van der Waals surface area contributed by atoms with E-state index < -0.39 is 34.8 Å². The number of aryl methyl sites for hydroxylation is 1. The van der Waals surface area contributed by atoms with Crippen molar-refractivity contribution in [3.05, 3.63) is 57.3 Å². The second kappa shape index (κ2) is 6.87. The van der Waals surface area contributed by atoms with Crippen LogP contribution in [0.15, 0.2) is 30.3 Å². The maximum Gasteiger partial charge on any atom is 0.160 e. The van der Waals surface area contributed by atoms with Crippen molar-refractivity contribution in [2.75, 3.05) is 0 Å². The Hall–Kier alpha value is -1.75. The highest BCUT2D eigenvalue weighted by Gasteiger charge is 2.72. The van der Waals surface area contributed by atoms with Crippen LogP contribution in [0.1, 0.15) is 50.7 Å². The van der Waals surface area contributed by atoms with E-state index in [4.69, 9.17) is 27.9 Å².